The van der Waals surface area contributed by atoms with Gasteiger partial charge in [0.15, 0.2) is 0 Å². The van der Waals surface area contributed by atoms with Crippen LogP contribution in [0.3, 0.4) is 0 Å². The summed E-state index contributed by atoms with van der Waals surface area (Å²) in [5.74, 6) is -0.570. The Labute approximate surface area is 115 Å². The number of rotatable bonds is 6. The lowest BCUT2D eigenvalue weighted by Gasteiger charge is -2.35. The second-order valence-corrected chi connectivity index (χ2v) is 5.16. The molecule has 0 heterocycles. The van der Waals surface area contributed by atoms with Gasteiger partial charge in [0.05, 0.1) is 7.11 Å². The van der Waals surface area contributed by atoms with Crippen LogP contribution in [0.4, 0.5) is 0 Å². The van der Waals surface area contributed by atoms with Crippen molar-refractivity contribution < 1.29 is 14.3 Å². The van der Waals surface area contributed by atoms with Crippen molar-refractivity contribution >= 4 is 11.9 Å². The van der Waals surface area contributed by atoms with Crippen molar-refractivity contribution in [1.29, 1.82) is 0 Å². The van der Waals surface area contributed by atoms with Crippen LogP contribution in [0.1, 0.15) is 46.0 Å². The third-order valence-corrected chi connectivity index (χ3v) is 3.78. The molecule has 0 saturated heterocycles. The fraction of sp³-hybridized carbons (Fsp3) is 0.857. The fourth-order valence-corrected chi connectivity index (χ4v) is 2.78. The van der Waals surface area contributed by atoms with Crippen LogP contribution in [0.2, 0.25) is 0 Å². The maximum atomic E-state index is 11.7. The van der Waals surface area contributed by atoms with Crippen molar-refractivity contribution in [2.75, 3.05) is 20.2 Å². The van der Waals surface area contributed by atoms with Crippen molar-refractivity contribution in [3.63, 3.8) is 0 Å². The van der Waals surface area contributed by atoms with E-state index in [-0.39, 0.29) is 11.9 Å². The molecule has 1 amide bonds. The Hall–Kier alpha value is -1.10. The van der Waals surface area contributed by atoms with E-state index in [9.17, 15) is 9.59 Å². The first-order valence-corrected chi connectivity index (χ1v) is 7.17. The molecule has 0 spiro atoms. The number of hydrogen-bond acceptors (Lipinski definition) is 4. The van der Waals surface area contributed by atoms with Gasteiger partial charge in [-0.2, -0.15) is 0 Å². The zero-order chi connectivity index (χ0) is 14.3. The normalized spacial score (nSPS) is 18.1. The van der Waals surface area contributed by atoms with E-state index in [1.54, 1.807) is 0 Å². The summed E-state index contributed by atoms with van der Waals surface area (Å²) in [5.41, 5.74) is 0. The standard InChI is InChI=1S/C14H26N2O3/c1-4-16(12-8-6-5-7-9-12)10-13(14(18)19-3)15-11(2)17/h12-13H,4-10H2,1-3H3,(H,15,17). The Morgan fingerprint density at radius 2 is 1.95 bits per heavy atom. The van der Waals surface area contributed by atoms with Crippen LogP contribution >= 0.6 is 0 Å². The molecule has 1 aliphatic rings. The van der Waals surface area contributed by atoms with Crippen LogP contribution < -0.4 is 5.32 Å². The molecule has 5 nitrogen and oxygen atoms in total. The zero-order valence-corrected chi connectivity index (χ0v) is 12.3. The maximum absolute atomic E-state index is 11.7. The third kappa shape index (κ3) is 5.19. The molecule has 0 aromatic carbocycles. The van der Waals surface area contributed by atoms with E-state index >= 15 is 0 Å². The van der Waals surface area contributed by atoms with Crippen LogP contribution in [0.25, 0.3) is 0 Å². The highest BCUT2D eigenvalue weighted by Crippen LogP contribution is 2.22. The lowest BCUT2D eigenvalue weighted by atomic mass is 9.94. The Bertz CT molecular complexity index is 301. The van der Waals surface area contributed by atoms with Crippen LogP contribution in [-0.4, -0.2) is 49.1 Å². The first kappa shape index (κ1) is 16.0. The molecule has 0 aromatic heterocycles. The predicted molar refractivity (Wildman–Crippen MR) is 73.7 cm³/mol. The molecule has 1 unspecified atom stereocenters. The molecule has 19 heavy (non-hydrogen) atoms. The SMILES string of the molecule is CCN(CC(NC(C)=O)C(=O)OC)C1CCCCC1. The van der Waals surface area contributed by atoms with Gasteiger partial charge in [-0.15, -0.1) is 0 Å². The number of amides is 1. The number of methoxy groups -OCH3 is 1. The quantitative estimate of drug-likeness (QED) is 0.740. The van der Waals surface area contributed by atoms with Crippen LogP contribution in [0.15, 0.2) is 0 Å². The fourth-order valence-electron chi connectivity index (χ4n) is 2.78. The van der Waals surface area contributed by atoms with Gasteiger partial charge in [0.1, 0.15) is 6.04 Å². The van der Waals surface area contributed by atoms with Gasteiger partial charge < -0.3 is 10.1 Å². The topological polar surface area (TPSA) is 58.6 Å². The van der Waals surface area contributed by atoms with Gasteiger partial charge >= 0.3 is 5.97 Å². The zero-order valence-electron chi connectivity index (χ0n) is 12.3. The van der Waals surface area contributed by atoms with E-state index in [1.165, 1.54) is 46.1 Å². The molecule has 1 saturated carbocycles. The van der Waals surface area contributed by atoms with Crippen molar-refractivity contribution in [2.24, 2.45) is 0 Å². The highest BCUT2D eigenvalue weighted by Gasteiger charge is 2.27. The summed E-state index contributed by atoms with van der Waals surface area (Å²) in [6.45, 7) is 4.94. The van der Waals surface area contributed by atoms with Crippen molar-refractivity contribution in [3.8, 4) is 0 Å². The van der Waals surface area contributed by atoms with Gasteiger partial charge in [-0.1, -0.05) is 26.2 Å². The van der Waals surface area contributed by atoms with Crippen molar-refractivity contribution in [1.82, 2.24) is 10.2 Å². The molecular weight excluding hydrogens is 244 g/mol. The lowest BCUT2D eigenvalue weighted by Crippen LogP contribution is -2.51. The lowest BCUT2D eigenvalue weighted by molar-refractivity contribution is -0.145. The number of esters is 1. The number of nitrogens with zero attached hydrogens (tertiary/aromatic N) is 1. The van der Waals surface area contributed by atoms with Crippen LogP contribution in [0.5, 0.6) is 0 Å². The first-order valence-electron chi connectivity index (χ1n) is 7.17. The van der Waals surface area contributed by atoms with Gasteiger partial charge in [0, 0.05) is 19.5 Å². The molecule has 1 rings (SSSR count). The van der Waals surface area contributed by atoms with Gasteiger partial charge in [0.2, 0.25) is 5.91 Å². The number of hydrogen-bond donors (Lipinski definition) is 1. The maximum Gasteiger partial charge on any atom is 0.329 e. The van der Waals surface area contributed by atoms with Gasteiger partial charge in [0.25, 0.3) is 0 Å². The summed E-state index contributed by atoms with van der Waals surface area (Å²) in [6, 6.07) is -0.0379. The Morgan fingerprint density at radius 1 is 1.32 bits per heavy atom. The summed E-state index contributed by atoms with van der Waals surface area (Å²) < 4.78 is 4.77. The molecule has 0 bridgehead atoms. The summed E-state index contributed by atoms with van der Waals surface area (Å²) in [5, 5.41) is 2.68. The predicted octanol–water partition coefficient (Wildman–Crippen LogP) is 1.32. The van der Waals surface area contributed by atoms with E-state index in [4.69, 9.17) is 4.74 Å². The van der Waals surface area contributed by atoms with Crippen LogP contribution in [-0.2, 0) is 14.3 Å². The number of nitrogens with one attached hydrogen (secondary N) is 1. The number of ether oxygens (including phenoxy) is 1. The molecule has 1 aliphatic carbocycles. The molecule has 1 atom stereocenters. The van der Waals surface area contributed by atoms with E-state index in [1.807, 2.05) is 0 Å². The Morgan fingerprint density at radius 3 is 2.42 bits per heavy atom. The highest BCUT2D eigenvalue weighted by atomic mass is 16.5. The molecule has 1 N–H and O–H groups in total. The van der Waals surface area contributed by atoms with Gasteiger partial charge in [-0.05, 0) is 19.4 Å². The molecule has 0 aliphatic heterocycles. The largest absolute Gasteiger partial charge is 0.467 e. The van der Waals surface area contributed by atoms with Crippen molar-refractivity contribution in [3.05, 3.63) is 0 Å². The summed E-state index contributed by atoms with van der Waals surface area (Å²) in [6.07, 6.45) is 6.18. The minimum absolute atomic E-state index is 0.199. The van der Waals surface area contributed by atoms with E-state index in [0.717, 1.165) is 6.54 Å². The Balaban J connectivity index is 2.62. The average Bonchev–Trinajstić information content (AvgIpc) is 2.43. The van der Waals surface area contributed by atoms with E-state index in [2.05, 4.69) is 17.1 Å². The summed E-state index contributed by atoms with van der Waals surface area (Å²) in [7, 11) is 1.36. The first-order chi connectivity index (χ1) is 9.08. The monoisotopic (exact) mass is 270 g/mol. The third-order valence-electron chi connectivity index (χ3n) is 3.78. The summed E-state index contributed by atoms with van der Waals surface area (Å²) >= 11 is 0. The van der Waals surface area contributed by atoms with Gasteiger partial charge in [-0.3, -0.25) is 9.69 Å². The molecular formula is C14H26N2O3. The average molecular weight is 270 g/mol. The van der Waals surface area contributed by atoms with Crippen molar-refractivity contribution in [2.45, 2.75) is 58.0 Å². The van der Waals surface area contributed by atoms with Crippen LogP contribution in [0, 0.1) is 0 Å². The number of carbonyl (C=O) groups excluding carboxylic acids is 2. The molecule has 110 valence electrons. The number of likely N-dealkylation sites (N-methyl/N-ethyl adjacent to an activating group) is 1. The smallest absolute Gasteiger partial charge is 0.329 e. The summed E-state index contributed by atoms with van der Waals surface area (Å²) in [4.78, 5) is 25.2. The second-order valence-electron chi connectivity index (χ2n) is 5.16. The second kappa shape index (κ2) is 8.15. The Kier molecular flexibility index (Phi) is 6.84. The van der Waals surface area contributed by atoms with E-state index in [0.29, 0.717) is 12.6 Å². The molecule has 1 fully saturated rings. The number of carbonyl (C=O) groups is 2. The van der Waals surface area contributed by atoms with Gasteiger partial charge in [-0.25, -0.2) is 4.79 Å². The molecule has 5 heteroatoms. The minimum atomic E-state index is -0.565. The molecule has 0 aromatic rings. The van der Waals surface area contributed by atoms with E-state index < -0.39 is 6.04 Å². The molecule has 0 radical (unpaired) electrons. The highest BCUT2D eigenvalue weighted by molar-refractivity contribution is 5.83. The minimum Gasteiger partial charge on any atom is -0.467 e.